The number of nitrogens with one attached hydrogen (secondary N) is 2. The normalized spacial score (nSPS) is 16.7. The molecule has 3 rings (SSSR count). The van der Waals surface area contributed by atoms with Gasteiger partial charge in [0, 0.05) is 34.9 Å². The van der Waals surface area contributed by atoms with Crippen molar-refractivity contribution < 1.29 is 14.0 Å². The SMILES string of the molecule is Cc1ccoc1C(=O)NC1CCN(C(C)C(=O)Nc2cccc(Br)c2)CC1. The van der Waals surface area contributed by atoms with Gasteiger partial charge in [-0.2, -0.15) is 0 Å². The number of benzene rings is 1. The van der Waals surface area contributed by atoms with Crippen LogP contribution in [0.4, 0.5) is 5.69 Å². The molecule has 1 saturated heterocycles. The van der Waals surface area contributed by atoms with E-state index in [1.807, 2.05) is 38.1 Å². The van der Waals surface area contributed by atoms with Crippen molar-refractivity contribution in [2.24, 2.45) is 0 Å². The molecule has 2 aromatic rings. The predicted molar refractivity (Wildman–Crippen MR) is 108 cm³/mol. The van der Waals surface area contributed by atoms with Gasteiger partial charge in [-0.3, -0.25) is 14.5 Å². The first-order valence-corrected chi connectivity index (χ1v) is 9.89. The van der Waals surface area contributed by atoms with Gasteiger partial charge in [0.2, 0.25) is 5.91 Å². The van der Waals surface area contributed by atoms with Crippen LogP contribution < -0.4 is 10.6 Å². The lowest BCUT2D eigenvalue weighted by Gasteiger charge is -2.35. The second-order valence-corrected chi connectivity index (χ2v) is 7.81. The first-order chi connectivity index (χ1) is 12.9. The fourth-order valence-corrected chi connectivity index (χ4v) is 3.67. The molecular formula is C20H24BrN3O3. The van der Waals surface area contributed by atoms with Crippen molar-refractivity contribution in [1.29, 1.82) is 0 Å². The van der Waals surface area contributed by atoms with Crippen molar-refractivity contribution in [1.82, 2.24) is 10.2 Å². The second kappa shape index (κ2) is 8.71. The minimum Gasteiger partial charge on any atom is -0.459 e. The maximum absolute atomic E-state index is 12.5. The Morgan fingerprint density at radius 1 is 1.26 bits per heavy atom. The highest BCUT2D eigenvalue weighted by atomic mass is 79.9. The van der Waals surface area contributed by atoms with Crippen LogP contribution in [0.3, 0.4) is 0 Å². The van der Waals surface area contributed by atoms with Crippen molar-refractivity contribution >= 4 is 33.4 Å². The molecule has 7 heteroatoms. The fourth-order valence-electron chi connectivity index (χ4n) is 3.27. The molecule has 6 nitrogen and oxygen atoms in total. The third-order valence-electron chi connectivity index (χ3n) is 4.95. The van der Waals surface area contributed by atoms with Gasteiger partial charge in [-0.15, -0.1) is 0 Å². The average Bonchev–Trinajstić information content (AvgIpc) is 3.08. The highest BCUT2D eigenvalue weighted by molar-refractivity contribution is 9.10. The number of furan rings is 1. The van der Waals surface area contributed by atoms with E-state index in [1.165, 1.54) is 6.26 Å². The molecular weight excluding hydrogens is 410 g/mol. The van der Waals surface area contributed by atoms with Gasteiger partial charge in [0.25, 0.3) is 5.91 Å². The Hall–Kier alpha value is -2.12. The third kappa shape index (κ3) is 4.99. The number of carbonyl (C=O) groups excluding carboxylic acids is 2. The number of hydrogen-bond donors (Lipinski definition) is 2. The van der Waals surface area contributed by atoms with E-state index in [0.717, 1.165) is 41.7 Å². The zero-order chi connectivity index (χ0) is 19.4. The first-order valence-electron chi connectivity index (χ1n) is 9.09. The lowest BCUT2D eigenvalue weighted by molar-refractivity contribution is -0.121. The number of carbonyl (C=O) groups is 2. The van der Waals surface area contributed by atoms with Crippen LogP contribution in [0.1, 0.15) is 35.9 Å². The summed E-state index contributed by atoms with van der Waals surface area (Å²) in [5.41, 5.74) is 1.61. The topological polar surface area (TPSA) is 74.6 Å². The van der Waals surface area contributed by atoms with Gasteiger partial charge < -0.3 is 15.1 Å². The molecule has 0 bridgehead atoms. The van der Waals surface area contributed by atoms with E-state index in [2.05, 4.69) is 31.5 Å². The third-order valence-corrected chi connectivity index (χ3v) is 5.45. The predicted octanol–water partition coefficient (Wildman–Crippen LogP) is 3.57. The van der Waals surface area contributed by atoms with Crippen LogP contribution in [0.2, 0.25) is 0 Å². The number of likely N-dealkylation sites (tertiary alicyclic amines) is 1. The van der Waals surface area contributed by atoms with E-state index in [0.29, 0.717) is 5.76 Å². The van der Waals surface area contributed by atoms with Gasteiger partial charge in [-0.1, -0.05) is 22.0 Å². The second-order valence-electron chi connectivity index (χ2n) is 6.89. The molecule has 1 aliphatic rings. The molecule has 0 radical (unpaired) electrons. The summed E-state index contributed by atoms with van der Waals surface area (Å²) in [5, 5.41) is 5.99. The van der Waals surface area contributed by atoms with E-state index in [4.69, 9.17) is 4.42 Å². The molecule has 1 aromatic heterocycles. The van der Waals surface area contributed by atoms with Gasteiger partial charge in [0.15, 0.2) is 5.76 Å². The van der Waals surface area contributed by atoms with Crippen molar-refractivity contribution in [3.05, 3.63) is 52.4 Å². The maximum Gasteiger partial charge on any atom is 0.287 e. The molecule has 27 heavy (non-hydrogen) atoms. The molecule has 2 amide bonds. The molecule has 1 unspecified atom stereocenters. The molecule has 1 aromatic carbocycles. The number of piperidine rings is 1. The molecule has 0 saturated carbocycles. The maximum atomic E-state index is 12.5. The van der Waals surface area contributed by atoms with Gasteiger partial charge in [-0.05, 0) is 51.0 Å². The summed E-state index contributed by atoms with van der Waals surface area (Å²) in [6.45, 7) is 5.29. The van der Waals surface area contributed by atoms with E-state index < -0.39 is 0 Å². The molecule has 2 N–H and O–H groups in total. The number of amides is 2. The summed E-state index contributed by atoms with van der Waals surface area (Å²) in [6.07, 6.45) is 3.14. The number of halogens is 1. The van der Waals surface area contributed by atoms with Crippen LogP contribution >= 0.6 is 15.9 Å². The largest absolute Gasteiger partial charge is 0.459 e. The molecule has 1 atom stereocenters. The Labute approximate surface area is 167 Å². The van der Waals surface area contributed by atoms with Gasteiger partial charge in [0.1, 0.15) is 0 Å². The minimum absolute atomic E-state index is 0.0261. The van der Waals surface area contributed by atoms with Gasteiger partial charge in [0.05, 0.1) is 12.3 Å². The Balaban J connectivity index is 1.48. The lowest BCUT2D eigenvalue weighted by atomic mass is 10.0. The van der Waals surface area contributed by atoms with Crippen LogP contribution in [0.5, 0.6) is 0 Å². The van der Waals surface area contributed by atoms with Crippen molar-refractivity contribution in [3.8, 4) is 0 Å². The van der Waals surface area contributed by atoms with Crippen LogP contribution in [0.15, 0.2) is 45.5 Å². The zero-order valence-electron chi connectivity index (χ0n) is 15.5. The number of rotatable bonds is 5. The minimum atomic E-state index is -0.229. The molecule has 1 aliphatic heterocycles. The Morgan fingerprint density at radius 3 is 2.63 bits per heavy atom. The number of nitrogens with zero attached hydrogens (tertiary/aromatic N) is 1. The monoisotopic (exact) mass is 433 g/mol. The average molecular weight is 434 g/mol. The smallest absolute Gasteiger partial charge is 0.287 e. The Morgan fingerprint density at radius 2 is 2.00 bits per heavy atom. The highest BCUT2D eigenvalue weighted by Gasteiger charge is 2.28. The molecule has 2 heterocycles. The number of hydrogen-bond acceptors (Lipinski definition) is 4. The van der Waals surface area contributed by atoms with E-state index >= 15 is 0 Å². The van der Waals surface area contributed by atoms with Crippen LogP contribution in [0.25, 0.3) is 0 Å². The summed E-state index contributed by atoms with van der Waals surface area (Å²) >= 11 is 3.41. The number of aryl methyl sites for hydroxylation is 1. The summed E-state index contributed by atoms with van der Waals surface area (Å²) in [6, 6.07) is 9.20. The summed E-state index contributed by atoms with van der Waals surface area (Å²) in [4.78, 5) is 26.9. The zero-order valence-corrected chi connectivity index (χ0v) is 17.1. The molecule has 144 valence electrons. The van der Waals surface area contributed by atoms with Crippen molar-refractivity contribution in [2.75, 3.05) is 18.4 Å². The number of anilines is 1. The standard InChI is InChI=1S/C20H24BrN3O3/c1-13-8-11-27-18(13)20(26)22-16-6-9-24(10-7-16)14(2)19(25)23-17-5-3-4-15(21)12-17/h3-5,8,11-12,14,16H,6-7,9-10H2,1-2H3,(H,22,26)(H,23,25). The van der Waals surface area contributed by atoms with Gasteiger partial charge >= 0.3 is 0 Å². The van der Waals surface area contributed by atoms with E-state index in [1.54, 1.807) is 6.07 Å². The van der Waals surface area contributed by atoms with Crippen LogP contribution in [0, 0.1) is 6.92 Å². The first kappa shape index (κ1) is 19.6. The fraction of sp³-hybridized carbons (Fsp3) is 0.400. The summed E-state index contributed by atoms with van der Waals surface area (Å²) in [7, 11) is 0. The van der Waals surface area contributed by atoms with Gasteiger partial charge in [-0.25, -0.2) is 0 Å². The Bertz CT molecular complexity index is 812. The molecule has 1 fully saturated rings. The summed E-state index contributed by atoms with van der Waals surface area (Å²) in [5.74, 6) is 0.178. The van der Waals surface area contributed by atoms with Crippen molar-refractivity contribution in [3.63, 3.8) is 0 Å². The molecule has 0 aliphatic carbocycles. The van der Waals surface area contributed by atoms with Crippen LogP contribution in [-0.2, 0) is 4.79 Å². The quantitative estimate of drug-likeness (QED) is 0.755. The van der Waals surface area contributed by atoms with Crippen molar-refractivity contribution in [2.45, 2.75) is 38.8 Å². The van der Waals surface area contributed by atoms with E-state index in [-0.39, 0.29) is 23.9 Å². The molecule has 0 spiro atoms. The van der Waals surface area contributed by atoms with E-state index in [9.17, 15) is 9.59 Å². The van der Waals surface area contributed by atoms with Crippen LogP contribution in [-0.4, -0.2) is 41.9 Å². The highest BCUT2D eigenvalue weighted by Crippen LogP contribution is 2.18. The Kier molecular flexibility index (Phi) is 6.34. The lowest BCUT2D eigenvalue weighted by Crippen LogP contribution is -2.50. The summed E-state index contributed by atoms with van der Waals surface area (Å²) < 4.78 is 6.17.